The zero-order valence-corrected chi connectivity index (χ0v) is 18.9. The van der Waals surface area contributed by atoms with Gasteiger partial charge < -0.3 is 4.52 Å². The number of benzene rings is 2. The molecule has 0 amide bonds. The summed E-state index contributed by atoms with van der Waals surface area (Å²) >= 11 is 12.0. The number of hydrogen-bond donors (Lipinski definition) is 0. The van der Waals surface area contributed by atoms with Crippen molar-refractivity contribution in [1.29, 1.82) is 0 Å². The SMILES string of the molecule is Fc1ccc(-c2cc(C(F)(F)C(F)(F)F)n3nc(-c4nc(-c5ccc(Cl)cc5Cl)no4)cc3n2)cc1. The summed E-state index contributed by atoms with van der Waals surface area (Å²) in [5.74, 6) is -6.21. The molecule has 3 aromatic heterocycles. The van der Waals surface area contributed by atoms with E-state index in [4.69, 9.17) is 27.7 Å². The third kappa shape index (κ3) is 4.16. The van der Waals surface area contributed by atoms with Crippen LogP contribution in [0.4, 0.5) is 26.3 Å². The van der Waals surface area contributed by atoms with Gasteiger partial charge in [0, 0.05) is 22.2 Å². The maximum Gasteiger partial charge on any atom is 0.459 e. The number of alkyl halides is 5. The molecule has 0 atom stereocenters. The second kappa shape index (κ2) is 8.49. The van der Waals surface area contributed by atoms with Gasteiger partial charge in [-0.05, 0) is 48.5 Å². The van der Waals surface area contributed by atoms with Gasteiger partial charge in [0.05, 0.1) is 10.7 Å². The van der Waals surface area contributed by atoms with Gasteiger partial charge in [-0.1, -0.05) is 28.4 Å². The quantitative estimate of drug-likeness (QED) is 0.224. The van der Waals surface area contributed by atoms with E-state index in [-0.39, 0.29) is 39.3 Å². The van der Waals surface area contributed by atoms with E-state index >= 15 is 0 Å². The maximum atomic E-state index is 14.5. The van der Waals surface area contributed by atoms with Crippen molar-refractivity contribution >= 4 is 28.8 Å². The monoisotopic (exact) mass is 543 g/mol. The summed E-state index contributed by atoms with van der Waals surface area (Å²) in [6, 6.07) is 10.5. The van der Waals surface area contributed by atoms with Crippen molar-refractivity contribution in [3.8, 4) is 34.2 Å². The van der Waals surface area contributed by atoms with Crippen LogP contribution >= 0.6 is 23.2 Å². The smallest absolute Gasteiger partial charge is 0.332 e. The molecule has 14 heteroatoms. The number of hydrogen-bond acceptors (Lipinski definition) is 5. The first-order chi connectivity index (χ1) is 16.9. The molecule has 184 valence electrons. The minimum atomic E-state index is -5.93. The van der Waals surface area contributed by atoms with Crippen molar-refractivity contribution in [3.05, 3.63) is 76.2 Å². The van der Waals surface area contributed by atoms with E-state index < -0.39 is 23.6 Å². The minimum Gasteiger partial charge on any atom is -0.332 e. The molecule has 0 saturated carbocycles. The highest BCUT2D eigenvalue weighted by atomic mass is 35.5. The summed E-state index contributed by atoms with van der Waals surface area (Å²) in [5, 5.41) is 8.13. The van der Waals surface area contributed by atoms with Crippen molar-refractivity contribution < 1.29 is 30.9 Å². The minimum absolute atomic E-state index is 0.00419. The third-order valence-corrected chi connectivity index (χ3v) is 5.61. The number of aromatic nitrogens is 5. The second-order valence-corrected chi connectivity index (χ2v) is 8.30. The Morgan fingerprint density at radius 2 is 1.56 bits per heavy atom. The first-order valence-corrected chi connectivity index (χ1v) is 10.6. The number of fused-ring (bicyclic) bond motifs is 1. The molecule has 36 heavy (non-hydrogen) atoms. The Morgan fingerprint density at radius 3 is 2.22 bits per heavy atom. The molecule has 0 aliphatic heterocycles. The highest BCUT2D eigenvalue weighted by molar-refractivity contribution is 6.36. The van der Waals surface area contributed by atoms with Gasteiger partial charge in [-0.25, -0.2) is 13.9 Å². The lowest BCUT2D eigenvalue weighted by atomic mass is 10.1. The standard InChI is InChI=1S/C22H9Cl2F6N5O/c23-11-3-6-13(14(24)7-11)19-32-20(36-34-19)16-9-18-31-15(10-1-4-12(25)5-2-10)8-17(35(18)33-16)21(26,27)22(28,29)30/h1-9H. The molecule has 0 bridgehead atoms. The van der Waals surface area contributed by atoms with Crippen molar-refractivity contribution in [2.45, 2.75) is 12.1 Å². The summed E-state index contributed by atoms with van der Waals surface area (Å²) in [7, 11) is 0. The first kappa shape index (κ1) is 24.1. The Balaban J connectivity index is 1.67. The zero-order valence-electron chi connectivity index (χ0n) is 17.4. The Kier molecular flexibility index (Phi) is 5.67. The van der Waals surface area contributed by atoms with E-state index in [1.807, 2.05) is 0 Å². The van der Waals surface area contributed by atoms with Crippen LogP contribution in [-0.4, -0.2) is 30.9 Å². The van der Waals surface area contributed by atoms with E-state index in [0.29, 0.717) is 21.2 Å². The summed E-state index contributed by atoms with van der Waals surface area (Å²) in [5.41, 5.74) is -1.91. The highest BCUT2D eigenvalue weighted by Crippen LogP contribution is 2.44. The Bertz CT molecular complexity index is 1600. The van der Waals surface area contributed by atoms with E-state index in [2.05, 4.69) is 20.2 Å². The Morgan fingerprint density at radius 1 is 0.833 bits per heavy atom. The molecule has 5 rings (SSSR count). The van der Waals surface area contributed by atoms with Crippen LogP contribution in [0.25, 0.3) is 39.9 Å². The van der Waals surface area contributed by atoms with Gasteiger partial charge in [-0.2, -0.15) is 32.0 Å². The highest BCUT2D eigenvalue weighted by Gasteiger charge is 2.60. The van der Waals surface area contributed by atoms with Gasteiger partial charge >= 0.3 is 12.1 Å². The fourth-order valence-corrected chi connectivity index (χ4v) is 3.82. The largest absolute Gasteiger partial charge is 0.459 e. The molecular formula is C22H9Cl2F6N5O. The topological polar surface area (TPSA) is 69.1 Å². The molecule has 2 aromatic carbocycles. The fourth-order valence-electron chi connectivity index (χ4n) is 3.32. The van der Waals surface area contributed by atoms with Gasteiger partial charge in [-0.15, -0.1) is 0 Å². The van der Waals surface area contributed by atoms with Crippen LogP contribution in [0, 0.1) is 5.82 Å². The van der Waals surface area contributed by atoms with Gasteiger partial charge in [0.15, 0.2) is 11.3 Å². The molecule has 0 spiro atoms. The Labute approximate surface area is 207 Å². The first-order valence-electron chi connectivity index (χ1n) is 9.85. The predicted octanol–water partition coefficient (Wildman–Crippen LogP) is 7.21. The normalized spacial score (nSPS) is 12.4. The van der Waals surface area contributed by atoms with Gasteiger partial charge in [-0.3, -0.25) is 0 Å². The molecule has 0 aliphatic carbocycles. The molecule has 0 unspecified atom stereocenters. The molecule has 5 aromatic rings. The molecule has 3 heterocycles. The van der Waals surface area contributed by atoms with E-state index in [1.54, 1.807) is 0 Å². The molecule has 0 N–H and O–H groups in total. The second-order valence-electron chi connectivity index (χ2n) is 7.45. The summed E-state index contributed by atoms with van der Waals surface area (Å²) in [4.78, 5) is 8.23. The molecule has 0 radical (unpaired) electrons. The lowest BCUT2D eigenvalue weighted by molar-refractivity contribution is -0.291. The number of halogens is 8. The van der Waals surface area contributed by atoms with Crippen molar-refractivity contribution in [2.24, 2.45) is 0 Å². The average Bonchev–Trinajstić information content (AvgIpc) is 3.45. The molecule has 0 fully saturated rings. The summed E-state index contributed by atoms with van der Waals surface area (Å²) in [6.45, 7) is 0. The molecule has 0 aliphatic rings. The zero-order chi connectivity index (χ0) is 25.8. The van der Waals surface area contributed by atoms with Crippen LogP contribution < -0.4 is 0 Å². The average molecular weight is 544 g/mol. The fraction of sp³-hybridized carbons (Fsp3) is 0.0909. The predicted molar refractivity (Wildman–Crippen MR) is 117 cm³/mol. The summed E-state index contributed by atoms with van der Waals surface area (Å²) < 4.78 is 87.7. The Hall–Kier alpha value is -3.64. The van der Waals surface area contributed by atoms with Crippen LogP contribution in [-0.2, 0) is 5.92 Å². The van der Waals surface area contributed by atoms with Crippen molar-refractivity contribution in [3.63, 3.8) is 0 Å². The van der Waals surface area contributed by atoms with Crippen LogP contribution in [0.3, 0.4) is 0 Å². The molecular weight excluding hydrogens is 535 g/mol. The van der Waals surface area contributed by atoms with Gasteiger partial charge in [0.2, 0.25) is 5.82 Å². The third-order valence-electron chi connectivity index (χ3n) is 5.06. The van der Waals surface area contributed by atoms with Crippen molar-refractivity contribution in [2.75, 3.05) is 0 Å². The lowest BCUT2D eigenvalue weighted by Gasteiger charge is -2.21. The van der Waals surface area contributed by atoms with Crippen LogP contribution in [0.5, 0.6) is 0 Å². The molecule has 6 nitrogen and oxygen atoms in total. The van der Waals surface area contributed by atoms with E-state index in [0.717, 1.165) is 18.2 Å². The van der Waals surface area contributed by atoms with Crippen LogP contribution in [0.2, 0.25) is 10.0 Å². The summed E-state index contributed by atoms with van der Waals surface area (Å²) in [6.07, 6.45) is -5.93. The van der Waals surface area contributed by atoms with Gasteiger partial charge in [0.1, 0.15) is 11.5 Å². The van der Waals surface area contributed by atoms with Crippen molar-refractivity contribution in [1.82, 2.24) is 24.7 Å². The lowest BCUT2D eigenvalue weighted by Crippen LogP contribution is -2.35. The van der Waals surface area contributed by atoms with Crippen LogP contribution in [0.15, 0.2) is 59.1 Å². The van der Waals surface area contributed by atoms with E-state index in [9.17, 15) is 26.3 Å². The van der Waals surface area contributed by atoms with Crippen LogP contribution in [0.1, 0.15) is 5.69 Å². The molecule has 0 saturated heterocycles. The van der Waals surface area contributed by atoms with Gasteiger partial charge in [0.25, 0.3) is 5.89 Å². The maximum absolute atomic E-state index is 14.5. The number of rotatable bonds is 4. The van der Waals surface area contributed by atoms with E-state index in [1.165, 1.54) is 30.3 Å². The number of nitrogens with zero attached hydrogens (tertiary/aromatic N) is 5.